The van der Waals surface area contributed by atoms with Gasteiger partial charge >= 0.3 is 0 Å². The average Bonchev–Trinajstić information content (AvgIpc) is 2.64. The Bertz CT molecular complexity index is 390. The molecule has 0 bridgehead atoms. The van der Waals surface area contributed by atoms with E-state index >= 15 is 0 Å². The van der Waals surface area contributed by atoms with Gasteiger partial charge in [-0.15, -0.1) is 0 Å². The standard InChI is InChI=1S/C14H25N3O/c1-4-17-13(8-11(2)16-17)9-12(15)10-14(18-3)6-5-7-14/h8,12H,4-7,9-10,15H2,1-3H3. The predicted octanol–water partition coefficient (Wildman–Crippen LogP) is 2.04. The van der Waals surface area contributed by atoms with Crippen molar-refractivity contribution in [2.24, 2.45) is 5.73 Å². The second-order valence-corrected chi connectivity index (χ2v) is 5.50. The normalized spacial score (nSPS) is 19.6. The molecule has 1 aromatic rings. The fourth-order valence-electron chi connectivity index (χ4n) is 2.92. The van der Waals surface area contributed by atoms with Crippen molar-refractivity contribution >= 4 is 0 Å². The highest BCUT2D eigenvalue weighted by Gasteiger charge is 2.38. The lowest BCUT2D eigenvalue weighted by Crippen LogP contribution is -2.45. The lowest BCUT2D eigenvalue weighted by atomic mass is 9.75. The molecule has 1 heterocycles. The van der Waals surface area contributed by atoms with Crippen LogP contribution >= 0.6 is 0 Å². The van der Waals surface area contributed by atoms with Gasteiger partial charge in [-0.3, -0.25) is 4.68 Å². The zero-order valence-corrected chi connectivity index (χ0v) is 11.8. The molecule has 102 valence electrons. The van der Waals surface area contributed by atoms with Gasteiger partial charge < -0.3 is 10.5 Å². The summed E-state index contributed by atoms with van der Waals surface area (Å²) in [6.45, 7) is 5.05. The Balaban J connectivity index is 1.96. The van der Waals surface area contributed by atoms with E-state index in [1.807, 2.05) is 14.0 Å². The summed E-state index contributed by atoms with van der Waals surface area (Å²) in [6, 6.07) is 2.30. The Kier molecular flexibility index (Phi) is 4.07. The number of aryl methyl sites for hydroxylation is 2. The maximum Gasteiger partial charge on any atom is 0.0693 e. The van der Waals surface area contributed by atoms with Crippen LogP contribution in [0, 0.1) is 6.92 Å². The average molecular weight is 251 g/mol. The van der Waals surface area contributed by atoms with E-state index in [2.05, 4.69) is 22.8 Å². The molecule has 1 aliphatic carbocycles. The number of aromatic nitrogens is 2. The van der Waals surface area contributed by atoms with Gasteiger partial charge in [0.2, 0.25) is 0 Å². The number of nitrogens with two attached hydrogens (primary N) is 1. The Hall–Kier alpha value is -0.870. The molecule has 1 fully saturated rings. The molecule has 1 atom stereocenters. The van der Waals surface area contributed by atoms with Crippen molar-refractivity contribution in [3.63, 3.8) is 0 Å². The van der Waals surface area contributed by atoms with Crippen LogP contribution in [0.4, 0.5) is 0 Å². The molecule has 0 aromatic carbocycles. The van der Waals surface area contributed by atoms with E-state index in [9.17, 15) is 0 Å². The topological polar surface area (TPSA) is 53.1 Å². The van der Waals surface area contributed by atoms with Crippen LogP contribution in [0.1, 0.15) is 44.0 Å². The first-order valence-electron chi connectivity index (χ1n) is 6.92. The fraction of sp³-hybridized carbons (Fsp3) is 0.786. The van der Waals surface area contributed by atoms with Crippen molar-refractivity contribution in [2.45, 2.75) is 64.1 Å². The van der Waals surface area contributed by atoms with E-state index in [1.165, 1.54) is 12.1 Å². The quantitative estimate of drug-likeness (QED) is 0.841. The molecule has 1 unspecified atom stereocenters. The highest BCUT2D eigenvalue weighted by atomic mass is 16.5. The van der Waals surface area contributed by atoms with E-state index in [0.717, 1.165) is 37.9 Å². The number of hydrogen-bond donors (Lipinski definition) is 1. The van der Waals surface area contributed by atoms with Crippen LogP contribution < -0.4 is 5.73 Å². The zero-order chi connectivity index (χ0) is 13.2. The molecular formula is C14H25N3O. The molecule has 4 heteroatoms. The Labute approximate surface area is 110 Å². The van der Waals surface area contributed by atoms with Gasteiger partial charge in [0.05, 0.1) is 11.3 Å². The highest BCUT2D eigenvalue weighted by molar-refractivity contribution is 5.11. The summed E-state index contributed by atoms with van der Waals surface area (Å²) in [4.78, 5) is 0. The summed E-state index contributed by atoms with van der Waals surface area (Å²) in [7, 11) is 1.81. The maximum absolute atomic E-state index is 6.29. The van der Waals surface area contributed by atoms with Gasteiger partial charge in [0.25, 0.3) is 0 Å². The summed E-state index contributed by atoms with van der Waals surface area (Å²) < 4.78 is 7.69. The van der Waals surface area contributed by atoms with Gasteiger partial charge in [0, 0.05) is 31.8 Å². The molecule has 1 saturated carbocycles. The van der Waals surface area contributed by atoms with Gasteiger partial charge in [-0.25, -0.2) is 0 Å². The van der Waals surface area contributed by atoms with E-state index in [0.29, 0.717) is 0 Å². The minimum atomic E-state index is 0.0610. The third kappa shape index (κ3) is 2.75. The van der Waals surface area contributed by atoms with E-state index < -0.39 is 0 Å². The second kappa shape index (κ2) is 5.41. The summed E-state index contributed by atoms with van der Waals surface area (Å²) >= 11 is 0. The lowest BCUT2D eigenvalue weighted by molar-refractivity contribution is -0.0814. The molecule has 0 radical (unpaired) electrons. The van der Waals surface area contributed by atoms with Gasteiger partial charge in [-0.2, -0.15) is 5.10 Å². The third-order valence-electron chi connectivity index (χ3n) is 4.09. The van der Waals surface area contributed by atoms with E-state index in [1.54, 1.807) is 0 Å². The first-order chi connectivity index (χ1) is 8.58. The highest BCUT2D eigenvalue weighted by Crippen LogP contribution is 2.38. The minimum absolute atomic E-state index is 0.0610. The molecule has 0 amide bonds. The van der Waals surface area contributed by atoms with Crippen LogP contribution in [0.25, 0.3) is 0 Å². The van der Waals surface area contributed by atoms with Crippen LogP contribution in [0.5, 0.6) is 0 Å². The summed E-state index contributed by atoms with van der Waals surface area (Å²) in [6.07, 6.45) is 5.43. The molecule has 2 rings (SSSR count). The Morgan fingerprint density at radius 3 is 2.78 bits per heavy atom. The van der Waals surface area contributed by atoms with Crippen LogP contribution in [0.3, 0.4) is 0 Å². The number of rotatable bonds is 6. The zero-order valence-electron chi connectivity index (χ0n) is 11.8. The van der Waals surface area contributed by atoms with Crippen molar-refractivity contribution in [2.75, 3.05) is 7.11 Å². The molecule has 0 aliphatic heterocycles. The monoisotopic (exact) mass is 251 g/mol. The third-order valence-corrected chi connectivity index (χ3v) is 4.09. The summed E-state index contributed by atoms with van der Waals surface area (Å²) in [5.41, 5.74) is 8.67. The Morgan fingerprint density at radius 1 is 1.56 bits per heavy atom. The molecule has 1 aliphatic rings. The van der Waals surface area contributed by atoms with Gasteiger partial charge in [0.1, 0.15) is 0 Å². The van der Waals surface area contributed by atoms with Crippen LogP contribution in [0.2, 0.25) is 0 Å². The molecule has 2 N–H and O–H groups in total. The fourth-order valence-corrected chi connectivity index (χ4v) is 2.92. The number of nitrogens with zero attached hydrogens (tertiary/aromatic N) is 2. The molecule has 1 aromatic heterocycles. The second-order valence-electron chi connectivity index (χ2n) is 5.50. The largest absolute Gasteiger partial charge is 0.378 e. The van der Waals surface area contributed by atoms with Gasteiger partial charge in [-0.05, 0) is 45.6 Å². The van der Waals surface area contributed by atoms with Crippen molar-refractivity contribution in [3.8, 4) is 0 Å². The van der Waals surface area contributed by atoms with Crippen LogP contribution in [0.15, 0.2) is 6.07 Å². The van der Waals surface area contributed by atoms with Crippen LogP contribution in [-0.4, -0.2) is 28.5 Å². The Morgan fingerprint density at radius 2 is 2.28 bits per heavy atom. The lowest BCUT2D eigenvalue weighted by Gasteiger charge is -2.42. The molecule has 0 saturated heterocycles. The minimum Gasteiger partial charge on any atom is -0.378 e. The smallest absolute Gasteiger partial charge is 0.0693 e. The predicted molar refractivity (Wildman–Crippen MR) is 72.5 cm³/mol. The summed E-state index contributed by atoms with van der Waals surface area (Å²) in [5.74, 6) is 0. The van der Waals surface area contributed by atoms with Crippen molar-refractivity contribution in [1.82, 2.24) is 9.78 Å². The van der Waals surface area contributed by atoms with Gasteiger partial charge in [0.15, 0.2) is 0 Å². The van der Waals surface area contributed by atoms with E-state index in [-0.39, 0.29) is 11.6 Å². The first kappa shape index (κ1) is 13.6. The van der Waals surface area contributed by atoms with Crippen molar-refractivity contribution in [1.29, 1.82) is 0 Å². The van der Waals surface area contributed by atoms with E-state index in [4.69, 9.17) is 10.5 Å². The first-order valence-corrected chi connectivity index (χ1v) is 6.92. The van der Waals surface area contributed by atoms with Crippen molar-refractivity contribution < 1.29 is 4.74 Å². The molecule has 0 spiro atoms. The maximum atomic E-state index is 6.29. The number of hydrogen-bond acceptors (Lipinski definition) is 3. The molecular weight excluding hydrogens is 226 g/mol. The van der Waals surface area contributed by atoms with Crippen LogP contribution in [-0.2, 0) is 17.7 Å². The molecule has 4 nitrogen and oxygen atoms in total. The van der Waals surface area contributed by atoms with Crippen molar-refractivity contribution in [3.05, 3.63) is 17.5 Å². The molecule has 18 heavy (non-hydrogen) atoms. The summed E-state index contributed by atoms with van der Waals surface area (Å²) in [5, 5.41) is 4.46. The number of ether oxygens (including phenoxy) is 1. The SMILES string of the molecule is CCn1nc(C)cc1CC(N)CC1(OC)CCC1. The van der Waals surface area contributed by atoms with Gasteiger partial charge in [-0.1, -0.05) is 0 Å². The number of methoxy groups -OCH3 is 1.